The maximum absolute atomic E-state index is 13.6. The van der Waals surface area contributed by atoms with Crippen LogP contribution in [0.5, 0.6) is 0 Å². The van der Waals surface area contributed by atoms with Crippen LogP contribution in [0.25, 0.3) is 0 Å². The predicted octanol–water partition coefficient (Wildman–Crippen LogP) is 2.11. The third-order valence-corrected chi connectivity index (χ3v) is 3.56. The number of amides is 3. The van der Waals surface area contributed by atoms with Crippen LogP contribution < -0.4 is 16.0 Å². The van der Waals surface area contributed by atoms with Crippen molar-refractivity contribution in [2.24, 2.45) is 7.05 Å². The Kier molecular flexibility index (Phi) is 5.18. The average Bonchev–Trinajstić information content (AvgIpc) is 2.87. The van der Waals surface area contributed by atoms with Gasteiger partial charge in [0, 0.05) is 31.5 Å². The second-order valence-corrected chi connectivity index (χ2v) is 5.44. The summed E-state index contributed by atoms with van der Waals surface area (Å²) < 4.78 is 15.3. The maximum Gasteiger partial charge on any atom is 0.319 e. The van der Waals surface area contributed by atoms with Crippen molar-refractivity contribution in [2.45, 2.75) is 19.9 Å². The summed E-state index contributed by atoms with van der Waals surface area (Å²) in [7, 11) is 3.22. The molecule has 1 aromatic carbocycles. The first-order chi connectivity index (χ1) is 11.3. The molecule has 0 aliphatic heterocycles. The van der Waals surface area contributed by atoms with Crippen LogP contribution in [0.4, 0.5) is 14.9 Å². The zero-order valence-electron chi connectivity index (χ0n) is 14.0. The Morgan fingerprint density at radius 3 is 2.62 bits per heavy atom. The van der Waals surface area contributed by atoms with Crippen LogP contribution in [0.1, 0.15) is 34.6 Å². The summed E-state index contributed by atoms with van der Waals surface area (Å²) in [6, 6.07) is 3.10. The van der Waals surface area contributed by atoms with Gasteiger partial charge in [-0.15, -0.1) is 0 Å². The number of carbonyl (C=O) groups is 2. The number of nitrogens with zero attached hydrogens (tertiary/aromatic N) is 2. The molecule has 0 fully saturated rings. The van der Waals surface area contributed by atoms with Crippen molar-refractivity contribution in [1.82, 2.24) is 20.4 Å². The van der Waals surface area contributed by atoms with Gasteiger partial charge in [0.1, 0.15) is 5.82 Å². The van der Waals surface area contributed by atoms with Crippen LogP contribution in [0, 0.1) is 12.7 Å². The number of rotatable bonds is 4. The van der Waals surface area contributed by atoms with E-state index in [1.54, 1.807) is 4.68 Å². The van der Waals surface area contributed by atoms with Crippen LogP contribution in [0.3, 0.4) is 0 Å². The molecule has 0 saturated carbocycles. The molecule has 3 N–H and O–H groups in total. The molecule has 128 valence electrons. The number of benzene rings is 1. The standard InChI is InChI=1S/C16H20FN5O2/c1-9(13-8-22(4)21-10(13)2)19-16(24)20-11-5-6-14(17)12(7-11)15(23)18-3/h5-9H,1-4H3,(H,18,23)(H2,19,20,24)/t9-/m1/s1. The Morgan fingerprint density at radius 1 is 1.33 bits per heavy atom. The van der Waals surface area contributed by atoms with Gasteiger partial charge in [0.25, 0.3) is 5.91 Å². The van der Waals surface area contributed by atoms with Crippen LogP contribution in [0.15, 0.2) is 24.4 Å². The van der Waals surface area contributed by atoms with Crippen molar-refractivity contribution in [3.63, 3.8) is 0 Å². The minimum absolute atomic E-state index is 0.133. The molecule has 24 heavy (non-hydrogen) atoms. The molecule has 0 spiro atoms. The van der Waals surface area contributed by atoms with Gasteiger partial charge >= 0.3 is 6.03 Å². The molecule has 7 nitrogen and oxygen atoms in total. The molecule has 1 heterocycles. The minimum atomic E-state index is -0.653. The first-order valence-electron chi connectivity index (χ1n) is 7.41. The summed E-state index contributed by atoms with van der Waals surface area (Å²) in [5.41, 5.74) is 1.92. The number of nitrogens with one attached hydrogen (secondary N) is 3. The Balaban J connectivity index is 2.07. The van der Waals surface area contributed by atoms with E-state index in [1.165, 1.54) is 19.2 Å². The minimum Gasteiger partial charge on any atom is -0.355 e. The van der Waals surface area contributed by atoms with Crippen LogP contribution in [-0.2, 0) is 7.05 Å². The summed E-state index contributed by atoms with van der Waals surface area (Å²) in [4.78, 5) is 23.7. The Labute approximate surface area is 139 Å². The van der Waals surface area contributed by atoms with Gasteiger partial charge in [-0.05, 0) is 32.0 Å². The third kappa shape index (κ3) is 3.89. The summed E-state index contributed by atoms with van der Waals surface area (Å²) in [5, 5.41) is 12.0. The lowest BCUT2D eigenvalue weighted by Gasteiger charge is -2.14. The summed E-state index contributed by atoms with van der Waals surface area (Å²) in [5.74, 6) is -1.21. The molecule has 1 atom stereocenters. The number of aromatic nitrogens is 2. The molecule has 2 aromatic rings. The van der Waals surface area contributed by atoms with E-state index in [0.717, 1.165) is 17.3 Å². The van der Waals surface area contributed by atoms with Crippen molar-refractivity contribution in [3.8, 4) is 0 Å². The number of carbonyl (C=O) groups excluding carboxylic acids is 2. The first-order valence-corrected chi connectivity index (χ1v) is 7.41. The summed E-state index contributed by atoms with van der Waals surface area (Å²) in [6.45, 7) is 3.70. The molecule has 0 saturated heterocycles. The van der Waals surface area contributed by atoms with Gasteiger partial charge in [-0.1, -0.05) is 0 Å². The van der Waals surface area contributed by atoms with Gasteiger partial charge in [-0.25, -0.2) is 9.18 Å². The molecule has 0 bridgehead atoms. The zero-order valence-corrected chi connectivity index (χ0v) is 14.0. The highest BCUT2D eigenvalue weighted by atomic mass is 19.1. The quantitative estimate of drug-likeness (QED) is 0.801. The fourth-order valence-corrected chi connectivity index (χ4v) is 2.40. The van der Waals surface area contributed by atoms with Crippen LogP contribution >= 0.6 is 0 Å². The zero-order chi connectivity index (χ0) is 17.9. The van der Waals surface area contributed by atoms with E-state index in [2.05, 4.69) is 21.0 Å². The largest absolute Gasteiger partial charge is 0.355 e. The van der Waals surface area contributed by atoms with Gasteiger partial charge in [-0.3, -0.25) is 9.48 Å². The van der Waals surface area contributed by atoms with E-state index in [0.29, 0.717) is 5.69 Å². The normalized spacial score (nSPS) is 11.7. The van der Waals surface area contributed by atoms with Gasteiger partial charge < -0.3 is 16.0 Å². The molecule has 0 radical (unpaired) electrons. The van der Waals surface area contributed by atoms with E-state index in [-0.39, 0.29) is 11.6 Å². The van der Waals surface area contributed by atoms with E-state index in [9.17, 15) is 14.0 Å². The maximum atomic E-state index is 13.6. The number of hydrogen-bond donors (Lipinski definition) is 3. The monoisotopic (exact) mass is 333 g/mol. The average molecular weight is 333 g/mol. The van der Waals surface area contributed by atoms with Gasteiger partial charge in [0.15, 0.2) is 0 Å². The Morgan fingerprint density at radius 2 is 2.04 bits per heavy atom. The van der Waals surface area contributed by atoms with Gasteiger partial charge in [0.2, 0.25) is 0 Å². The summed E-state index contributed by atoms with van der Waals surface area (Å²) in [6.07, 6.45) is 1.84. The van der Waals surface area contributed by atoms with Gasteiger partial charge in [0.05, 0.1) is 17.3 Å². The highest BCUT2D eigenvalue weighted by molar-refractivity contribution is 5.97. The lowest BCUT2D eigenvalue weighted by atomic mass is 10.1. The van der Waals surface area contributed by atoms with Crippen molar-refractivity contribution < 1.29 is 14.0 Å². The molecule has 3 amide bonds. The molecule has 8 heteroatoms. The third-order valence-electron chi connectivity index (χ3n) is 3.56. The molecule has 0 unspecified atom stereocenters. The Bertz CT molecular complexity index is 772. The van der Waals surface area contributed by atoms with Crippen molar-refractivity contribution in [3.05, 3.63) is 47.0 Å². The van der Waals surface area contributed by atoms with Crippen molar-refractivity contribution >= 4 is 17.6 Å². The Hall–Kier alpha value is -2.90. The second kappa shape index (κ2) is 7.12. The molecule has 0 aliphatic rings. The molecule has 1 aromatic heterocycles. The number of anilines is 1. The first kappa shape index (κ1) is 17.5. The van der Waals surface area contributed by atoms with Crippen LogP contribution in [0.2, 0.25) is 0 Å². The highest BCUT2D eigenvalue weighted by Gasteiger charge is 2.16. The second-order valence-electron chi connectivity index (χ2n) is 5.44. The van der Waals surface area contributed by atoms with Crippen LogP contribution in [-0.4, -0.2) is 28.8 Å². The SMILES string of the molecule is CNC(=O)c1cc(NC(=O)N[C@H](C)c2cn(C)nc2C)ccc1F. The summed E-state index contributed by atoms with van der Waals surface area (Å²) >= 11 is 0. The number of urea groups is 1. The number of halogens is 1. The van der Waals surface area contributed by atoms with E-state index < -0.39 is 17.8 Å². The van der Waals surface area contributed by atoms with Gasteiger partial charge in [-0.2, -0.15) is 5.10 Å². The fourth-order valence-electron chi connectivity index (χ4n) is 2.40. The molecular formula is C16H20FN5O2. The molecule has 2 rings (SSSR count). The fraction of sp³-hybridized carbons (Fsp3) is 0.312. The predicted molar refractivity (Wildman–Crippen MR) is 88.3 cm³/mol. The van der Waals surface area contributed by atoms with E-state index in [1.807, 2.05) is 27.1 Å². The topological polar surface area (TPSA) is 88.0 Å². The molecular weight excluding hydrogens is 313 g/mol. The lowest BCUT2D eigenvalue weighted by Crippen LogP contribution is -2.31. The number of hydrogen-bond acceptors (Lipinski definition) is 3. The van der Waals surface area contributed by atoms with E-state index >= 15 is 0 Å². The highest BCUT2D eigenvalue weighted by Crippen LogP contribution is 2.17. The molecule has 0 aliphatic carbocycles. The number of aryl methyl sites for hydroxylation is 2. The van der Waals surface area contributed by atoms with Crippen molar-refractivity contribution in [1.29, 1.82) is 0 Å². The smallest absolute Gasteiger partial charge is 0.319 e. The van der Waals surface area contributed by atoms with Crippen molar-refractivity contribution in [2.75, 3.05) is 12.4 Å². The lowest BCUT2D eigenvalue weighted by molar-refractivity contribution is 0.0959. The van der Waals surface area contributed by atoms with E-state index in [4.69, 9.17) is 0 Å².